The highest BCUT2D eigenvalue weighted by Crippen LogP contribution is 2.38. The number of halogens is 4. The molecule has 0 atom stereocenters. The minimum absolute atomic E-state index is 0.0758. The third-order valence-electron chi connectivity index (χ3n) is 5.21. The van der Waals surface area contributed by atoms with Gasteiger partial charge in [0.1, 0.15) is 16.4 Å². The fourth-order valence-electron chi connectivity index (χ4n) is 3.84. The highest BCUT2D eigenvalue weighted by Gasteiger charge is 2.41. The summed E-state index contributed by atoms with van der Waals surface area (Å²) in [6.07, 6.45) is 0.885. The molecule has 1 amide bonds. The molecule has 0 aromatic carbocycles. The van der Waals surface area contributed by atoms with Crippen molar-refractivity contribution in [3.8, 4) is 11.3 Å². The number of rotatable bonds is 4. The molecular formula is C19H23ClF3N5O. The Kier molecular flexibility index (Phi) is 5.80. The molecule has 2 heterocycles. The predicted molar refractivity (Wildman–Crippen MR) is 105 cm³/mol. The van der Waals surface area contributed by atoms with E-state index in [9.17, 15) is 18.0 Å². The molecule has 10 heteroatoms. The van der Waals surface area contributed by atoms with Crippen LogP contribution in [0.15, 0.2) is 18.3 Å². The van der Waals surface area contributed by atoms with Gasteiger partial charge in [0.25, 0.3) is 0 Å². The van der Waals surface area contributed by atoms with Crippen molar-refractivity contribution in [2.45, 2.75) is 43.8 Å². The molecule has 29 heavy (non-hydrogen) atoms. The Bertz CT molecular complexity index is 904. The molecule has 0 bridgehead atoms. The largest absolute Gasteiger partial charge is 0.433 e. The van der Waals surface area contributed by atoms with Crippen molar-refractivity contribution < 1.29 is 18.0 Å². The van der Waals surface area contributed by atoms with E-state index in [4.69, 9.17) is 11.6 Å². The number of likely N-dealkylation sites (N-methyl/N-ethyl adjacent to an activating group) is 1. The van der Waals surface area contributed by atoms with Crippen LogP contribution in [0.3, 0.4) is 0 Å². The molecule has 0 unspecified atom stereocenters. The van der Waals surface area contributed by atoms with E-state index in [2.05, 4.69) is 15.4 Å². The van der Waals surface area contributed by atoms with Crippen LogP contribution in [0, 0.1) is 0 Å². The van der Waals surface area contributed by atoms with E-state index in [1.54, 1.807) is 14.1 Å². The normalized spacial score (nSPS) is 16.5. The molecular weight excluding hydrogens is 407 g/mol. The summed E-state index contributed by atoms with van der Waals surface area (Å²) in [4.78, 5) is 18.5. The van der Waals surface area contributed by atoms with Crippen LogP contribution in [0.5, 0.6) is 0 Å². The smallest absolute Gasteiger partial charge is 0.371 e. The van der Waals surface area contributed by atoms with Crippen LogP contribution in [0.25, 0.3) is 11.3 Å². The lowest BCUT2D eigenvalue weighted by atomic mass is 9.80. The molecule has 0 radical (unpaired) electrons. The molecule has 6 nitrogen and oxygen atoms in total. The number of amides is 1. The van der Waals surface area contributed by atoms with E-state index < -0.39 is 17.4 Å². The number of hydrogen-bond donors (Lipinski definition) is 1. The molecule has 2 aromatic heterocycles. The predicted octanol–water partition coefficient (Wildman–Crippen LogP) is 4.36. The molecule has 1 N–H and O–H groups in total. The van der Waals surface area contributed by atoms with Crippen LogP contribution >= 0.6 is 11.6 Å². The van der Waals surface area contributed by atoms with Gasteiger partial charge >= 0.3 is 6.18 Å². The van der Waals surface area contributed by atoms with Gasteiger partial charge in [-0.15, -0.1) is 0 Å². The highest BCUT2D eigenvalue weighted by atomic mass is 35.5. The number of pyridine rings is 1. The number of anilines is 1. The highest BCUT2D eigenvalue weighted by molar-refractivity contribution is 6.29. The Morgan fingerprint density at radius 1 is 1.24 bits per heavy atom. The SMILES string of the molecule is CN(C)C(=O)C1(Nc2cc(Cl)ncc2-c2cc(C(F)(F)F)n(C)n2)CCCCC1. The van der Waals surface area contributed by atoms with Crippen LogP contribution in [0.1, 0.15) is 37.8 Å². The van der Waals surface area contributed by atoms with E-state index in [0.29, 0.717) is 24.1 Å². The average molecular weight is 430 g/mol. The second-order valence-corrected chi connectivity index (χ2v) is 7.94. The fourth-order valence-corrected chi connectivity index (χ4v) is 3.99. The first-order chi connectivity index (χ1) is 13.5. The summed E-state index contributed by atoms with van der Waals surface area (Å²) in [5.74, 6) is -0.0758. The van der Waals surface area contributed by atoms with Gasteiger partial charge in [0.2, 0.25) is 5.91 Å². The fraction of sp³-hybridized carbons (Fsp3) is 0.526. The third kappa shape index (κ3) is 4.34. The molecule has 2 aromatic rings. The topological polar surface area (TPSA) is 63.1 Å². The second-order valence-electron chi connectivity index (χ2n) is 7.56. The quantitative estimate of drug-likeness (QED) is 0.733. The summed E-state index contributed by atoms with van der Waals surface area (Å²) in [7, 11) is 4.62. The number of alkyl halides is 3. The van der Waals surface area contributed by atoms with Crippen molar-refractivity contribution in [1.29, 1.82) is 0 Å². The zero-order valence-electron chi connectivity index (χ0n) is 16.5. The van der Waals surface area contributed by atoms with E-state index in [-0.39, 0.29) is 16.8 Å². The monoisotopic (exact) mass is 429 g/mol. The minimum Gasteiger partial charge on any atom is -0.371 e. The molecule has 3 rings (SSSR count). The molecule has 0 saturated heterocycles. The number of aryl methyl sites for hydroxylation is 1. The molecule has 1 aliphatic rings. The first-order valence-electron chi connectivity index (χ1n) is 9.30. The Hall–Kier alpha value is -2.29. The van der Waals surface area contributed by atoms with Crippen LogP contribution in [0.2, 0.25) is 5.15 Å². The lowest BCUT2D eigenvalue weighted by molar-refractivity contribution is -0.143. The van der Waals surface area contributed by atoms with Crippen molar-refractivity contribution >= 4 is 23.2 Å². The minimum atomic E-state index is -4.53. The summed E-state index contributed by atoms with van der Waals surface area (Å²) in [6.45, 7) is 0. The van der Waals surface area contributed by atoms with Crippen molar-refractivity contribution in [1.82, 2.24) is 19.7 Å². The summed E-state index contributed by atoms with van der Waals surface area (Å²) in [5.41, 5.74) is -0.811. The van der Waals surface area contributed by atoms with Gasteiger partial charge in [-0.05, 0) is 25.0 Å². The van der Waals surface area contributed by atoms with Crippen molar-refractivity contribution in [3.05, 3.63) is 29.2 Å². The number of carbonyl (C=O) groups excluding carboxylic acids is 1. The number of carbonyl (C=O) groups is 1. The maximum Gasteiger partial charge on any atom is 0.433 e. The van der Waals surface area contributed by atoms with Crippen LogP contribution in [-0.2, 0) is 18.0 Å². The standard InChI is InChI=1S/C19H23ClF3N5O/c1-27(2)17(29)18(7-5-4-6-8-18)25-13-10-16(20)24-11-12(13)14-9-15(19(21,22)23)28(3)26-14/h9-11H,4-8H2,1-3H3,(H,24,25). The average Bonchev–Trinajstić information content (AvgIpc) is 3.03. The third-order valence-corrected chi connectivity index (χ3v) is 5.42. The van der Waals surface area contributed by atoms with Crippen molar-refractivity contribution in [2.24, 2.45) is 7.05 Å². The summed E-state index contributed by atoms with van der Waals surface area (Å²) < 4.78 is 40.4. The molecule has 1 aliphatic carbocycles. The van der Waals surface area contributed by atoms with Gasteiger partial charge in [-0.1, -0.05) is 30.9 Å². The van der Waals surface area contributed by atoms with Gasteiger partial charge in [0, 0.05) is 38.6 Å². The lowest BCUT2D eigenvalue weighted by Gasteiger charge is -2.39. The zero-order chi connectivity index (χ0) is 21.4. The van der Waals surface area contributed by atoms with E-state index >= 15 is 0 Å². The number of aromatic nitrogens is 3. The maximum atomic E-state index is 13.2. The lowest BCUT2D eigenvalue weighted by Crippen LogP contribution is -2.53. The van der Waals surface area contributed by atoms with Gasteiger partial charge in [-0.25, -0.2) is 4.98 Å². The first-order valence-corrected chi connectivity index (χ1v) is 9.68. The van der Waals surface area contributed by atoms with E-state index in [1.165, 1.54) is 24.2 Å². The summed E-state index contributed by atoms with van der Waals surface area (Å²) in [6, 6.07) is 2.50. The summed E-state index contributed by atoms with van der Waals surface area (Å²) in [5, 5.41) is 7.49. The maximum absolute atomic E-state index is 13.2. The molecule has 0 spiro atoms. The van der Waals surface area contributed by atoms with Crippen LogP contribution in [-0.4, -0.2) is 45.2 Å². The Balaban J connectivity index is 2.06. The van der Waals surface area contributed by atoms with Gasteiger partial charge in [-0.2, -0.15) is 18.3 Å². The van der Waals surface area contributed by atoms with E-state index in [1.807, 2.05) is 0 Å². The van der Waals surface area contributed by atoms with Gasteiger partial charge < -0.3 is 10.2 Å². The van der Waals surface area contributed by atoms with Gasteiger partial charge in [0.05, 0.1) is 5.69 Å². The van der Waals surface area contributed by atoms with Gasteiger partial charge in [-0.3, -0.25) is 9.48 Å². The van der Waals surface area contributed by atoms with Crippen LogP contribution in [0.4, 0.5) is 18.9 Å². The number of nitrogens with one attached hydrogen (secondary N) is 1. The Labute approximate surface area is 172 Å². The van der Waals surface area contributed by atoms with Gasteiger partial charge in [0.15, 0.2) is 0 Å². The molecule has 0 aliphatic heterocycles. The van der Waals surface area contributed by atoms with E-state index in [0.717, 1.165) is 30.0 Å². The first kappa shape index (κ1) is 21.4. The number of nitrogens with zero attached hydrogens (tertiary/aromatic N) is 4. The zero-order valence-corrected chi connectivity index (χ0v) is 17.2. The molecule has 158 valence electrons. The molecule has 1 saturated carbocycles. The van der Waals surface area contributed by atoms with Crippen molar-refractivity contribution in [3.63, 3.8) is 0 Å². The Morgan fingerprint density at radius 3 is 2.45 bits per heavy atom. The Morgan fingerprint density at radius 2 is 1.90 bits per heavy atom. The van der Waals surface area contributed by atoms with Crippen molar-refractivity contribution in [2.75, 3.05) is 19.4 Å². The molecule has 1 fully saturated rings. The summed E-state index contributed by atoms with van der Waals surface area (Å²) >= 11 is 6.07. The number of hydrogen-bond acceptors (Lipinski definition) is 4. The van der Waals surface area contributed by atoms with Crippen LogP contribution < -0.4 is 5.32 Å². The second kappa shape index (κ2) is 7.85.